The molecule has 8 nitrogen and oxygen atoms in total. The zero-order valence-electron chi connectivity index (χ0n) is 19.4. The molecule has 0 N–H and O–H groups in total. The molecule has 4 rings (SSSR count). The lowest BCUT2D eigenvalue weighted by atomic mass is 9.72. The molecule has 10 heteroatoms. The van der Waals surface area contributed by atoms with Crippen molar-refractivity contribution in [2.24, 2.45) is 11.8 Å². The Morgan fingerprint density at radius 3 is 1.32 bits per heavy atom. The van der Waals surface area contributed by atoms with Gasteiger partial charge < -0.3 is 28.4 Å². The zero-order valence-corrected chi connectivity index (χ0v) is 23.7. The van der Waals surface area contributed by atoms with E-state index in [-0.39, 0.29) is 36.6 Å². The number of ether oxygens (including phenoxy) is 6. The summed E-state index contributed by atoms with van der Waals surface area (Å²) in [5.41, 5.74) is 1.98. The van der Waals surface area contributed by atoms with Crippen LogP contribution in [-0.4, -0.2) is 41.0 Å². The van der Waals surface area contributed by atoms with Crippen molar-refractivity contribution in [3.63, 3.8) is 0 Å². The molecule has 2 heterocycles. The van der Waals surface area contributed by atoms with Gasteiger partial charge in [-0.25, -0.2) is 0 Å². The predicted octanol–water partition coefficient (Wildman–Crippen LogP) is 5.96. The van der Waals surface area contributed by atoms with E-state index in [2.05, 4.69) is 0 Å². The Hall–Kier alpha value is -1.06. The fraction of sp³-hybridized carbons (Fsp3) is 0.500. The van der Waals surface area contributed by atoms with E-state index in [0.717, 1.165) is 11.1 Å². The van der Waals surface area contributed by atoms with Crippen LogP contribution in [0.4, 0.5) is 0 Å². The summed E-state index contributed by atoms with van der Waals surface area (Å²) in [5, 5.41) is 0. The van der Waals surface area contributed by atoms with E-state index in [1.807, 2.05) is 82.4 Å². The highest BCUT2D eigenvalue weighted by atomic mass is 127. The van der Waals surface area contributed by atoms with Crippen molar-refractivity contribution in [1.82, 2.24) is 0 Å². The Labute approximate surface area is 227 Å². The number of halogens is 2. The standard InChI is InChI=1S/C24H28I2O8/c1-27-17-7-5-13(9-19(17)29-3)23-15-11-22(34-26)32-24(16(15)12-21(31-23)33-25)14-6-8-18(28-2)20(10-14)30-4/h5-10,15-16,21-24H,11-12H2,1-4H3/t15-,16-,21?,22?,23+,24+/m0/s1. The van der Waals surface area contributed by atoms with Crippen LogP contribution in [0, 0.1) is 11.8 Å². The lowest BCUT2D eigenvalue weighted by Gasteiger charge is -2.49. The molecular formula is C24H28I2O8. The number of hydrogen-bond donors (Lipinski definition) is 0. The first-order valence-corrected chi connectivity index (χ1v) is 12.6. The molecule has 0 saturated carbocycles. The molecule has 2 aliphatic heterocycles. The second-order valence-corrected chi connectivity index (χ2v) is 9.20. The number of fused-ring (bicyclic) bond motifs is 1. The smallest absolute Gasteiger partial charge is 0.170 e. The molecule has 0 aliphatic carbocycles. The fourth-order valence-electron chi connectivity index (χ4n) is 4.96. The zero-order chi connectivity index (χ0) is 24.2. The Morgan fingerprint density at radius 2 is 1.00 bits per heavy atom. The topological polar surface area (TPSA) is 73.8 Å². The van der Waals surface area contributed by atoms with Crippen LogP contribution in [0.15, 0.2) is 36.4 Å². The van der Waals surface area contributed by atoms with Gasteiger partial charge in [0.15, 0.2) is 35.6 Å². The average molecular weight is 698 g/mol. The molecule has 6 atom stereocenters. The molecule has 2 aliphatic rings. The molecule has 2 aromatic carbocycles. The van der Waals surface area contributed by atoms with E-state index < -0.39 is 0 Å². The second-order valence-electron chi connectivity index (χ2n) is 8.18. The van der Waals surface area contributed by atoms with Gasteiger partial charge in [-0.2, -0.15) is 0 Å². The molecule has 0 aromatic heterocycles. The maximum absolute atomic E-state index is 6.44. The van der Waals surface area contributed by atoms with Crippen LogP contribution in [0.1, 0.15) is 36.2 Å². The molecule has 2 aromatic rings. The van der Waals surface area contributed by atoms with E-state index in [4.69, 9.17) is 34.6 Å². The molecule has 0 bridgehead atoms. The molecule has 0 amide bonds. The lowest BCUT2D eigenvalue weighted by molar-refractivity contribution is -0.255. The highest BCUT2D eigenvalue weighted by molar-refractivity contribution is 14.1. The van der Waals surface area contributed by atoms with Crippen molar-refractivity contribution in [1.29, 1.82) is 0 Å². The van der Waals surface area contributed by atoms with Gasteiger partial charge in [-0.05, 0) is 35.4 Å². The van der Waals surface area contributed by atoms with Crippen molar-refractivity contribution < 1.29 is 34.6 Å². The molecule has 186 valence electrons. The largest absolute Gasteiger partial charge is 0.493 e. The van der Waals surface area contributed by atoms with Crippen LogP contribution in [0.25, 0.3) is 0 Å². The van der Waals surface area contributed by atoms with Crippen LogP contribution < -0.4 is 18.9 Å². The SMILES string of the molecule is COc1ccc([C@H]2OC(OI)C[C@H]3[C@@H]2CC(OI)O[C@@H]3c2ccc(OC)c(OC)c2)cc1OC. The maximum Gasteiger partial charge on any atom is 0.170 e. The summed E-state index contributed by atoms with van der Waals surface area (Å²) in [6, 6.07) is 11.8. The summed E-state index contributed by atoms with van der Waals surface area (Å²) < 4.78 is 46.2. The number of rotatable bonds is 8. The Kier molecular flexibility index (Phi) is 9.02. The molecule has 0 radical (unpaired) electrons. The van der Waals surface area contributed by atoms with E-state index >= 15 is 0 Å². The van der Waals surface area contributed by atoms with Crippen LogP contribution in [0.2, 0.25) is 0 Å². The highest BCUT2D eigenvalue weighted by Gasteiger charge is 2.49. The number of methoxy groups -OCH3 is 4. The molecule has 0 spiro atoms. The number of hydrogen-bond acceptors (Lipinski definition) is 8. The van der Waals surface area contributed by atoms with Crippen molar-refractivity contribution in [2.75, 3.05) is 28.4 Å². The van der Waals surface area contributed by atoms with E-state index in [9.17, 15) is 0 Å². The Bertz CT molecular complexity index is 896. The van der Waals surface area contributed by atoms with Crippen LogP contribution >= 0.6 is 46.0 Å². The van der Waals surface area contributed by atoms with Gasteiger partial charge in [-0.3, -0.25) is 6.13 Å². The third kappa shape index (κ3) is 5.21. The first-order chi connectivity index (χ1) is 16.6. The van der Waals surface area contributed by atoms with Gasteiger partial charge in [-0.1, -0.05) is 12.1 Å². The molecule has 2 unspecified atom stereocenters. The van der Waals surface area contributed by atoms with Gasteiger partial charge in [-0.15, -0.1) is 0 Å². The van der Waals surface area contributed by atoms with E-state index in [1.165, 1.54) is 0 Å². The minimum absolute atomic E-state index is 0.118. The Balaban J connectivity index is 1.74. The normalized spacial score (nSPS) is 28.6. The molecular weight excluding hydrogens is 670 g/mol. The van der Waals surface area contributed by atoms with Crippen molar-refractivity contribution in [3.8, 4) is 23.0 Å². The van der Waals surface area contributed by atoms with Crippen molar-refractivity contribution >= 4 is 46.0 Å². The first-order valence-electron chi connectivity index (χ1n) is 10.9. The fourth-order valence-corrected chi connectivity index (χ4v) is 5.61. The minimum atomic E-state index is -0.386. The summed E-state index contributed by atoms with van der Waals surface area (Å²) >= 11 is 3.81. The summed E-state index contributed by atoms with van der Waals surface area (Å²) in [4.78, 5) is 0. The third-order valence-corrected chi connectivity index (χ3v) is 7.66. The predicted molar refractivity (Wildman–Crippen MR) is 141 cm³/mol. The number of benzene rings is 2. The summed E-state index contributed by atoms with van der Waals surface area (Å²) in [6.07, 6.45) is 0.124. The van der Waals surface area contributed by atoms with Gasteiger partial charge in [0.05, 0.1) is 40.6 Å². The van der Waals surface area contributed by atoms with Crippen LogP contribution in [-0.2, 0) is 15.6 Å². The maximum atomic E-state index is 6.44. The molecule has 2 fully saturated rings. The van der Waals surface area contributed by atoms with Gasteiger partial charge in [0.25, 0.3) is 0 Å². The minimum Gasteiger partial charge on any atom is -0.493 e. The van der Waals surface area contributed by atoms with Gasteiger partial charge in [0.1, 0.15) is 46.0 Å². The molecule has 34 heavy (non-hydrogen) atoms. The van der Waals surface area contributed by atoms with Gasteiger partial charge >= 0.3 is 0 Å². The summed E-state index contributed by atoms with van der Waals surface area (Å²) in [5.74, 6) is 2.89. The monoisotopic (exact) mass is 698 g/mol. The van der Waals surface area contributed by atoms with Crippen LogP contribution in [0.3, 0.4) is 0 Å². The van der Waals surface area contributed by atoms with E-state index in [1.54, 1.807) is 28.4 Å². The summed E-state index contributed by atoms with van der Waals surface area (Å²) in [6.45, 7) is 0. The average Bonchev–Trinajstić information content (AvgIpc) is 2.90. The first kappa shape index (κ1) is 26.0. The quantitative estimate of drug-likeness (QED) is 0.313. The van der Waals surface area contributed by atoms with E-state index in [0.29, 0.717) is 35.8 Å². The van der Waals surface area contributed by atoms with Gasteiger partial charge in [0.2, 0.25) is 0 Å². The third-order valence-electron chi connectivity index (χ3n) is 6.52. The van der Waals surface area contributed by atoms with Crippen molar-refractivity contribution in [2.45, 2.75) is 37.6 Å². The second kappa shape index (κ2) is 11.8. The highest BCUT2D eigenvalue weighted by Crippen LogP contribution is 2.54. The Morgan fingerprint density at radius 1 is 0.618 bits per heavy atom. The summed E-state index contributed by atoms with van der Waals surface area (Å²) in [7, 11) is 6.51. The lowest BCUT2D eigenvalue weighted by Crippen LogP contribution is -2.46. The molecule has 2 saturated heterocycles. The van der Waals surface area contributed by atoms with Crippen molar-refractivity contribution in [3.05, 3.63) is 47.5 Å². The van der Waals surface area contributed by atoms with Gasteiger partial charge in [0, 0.05) is 24.7 Å². The van der Waals surface area contributed by atoms with Crippen LogP contribution in [0.5, 0.6) is 23.0 Å².